The molecule has 0 bridgehead atoms. The molecule has 0 heterocycles. The summed E-state index contributed by atoms with van der Waals surface area (Å²) in [5, 5.41) is 3.36. The lowest BCUT2D eigenvalue weighted by atomic mass is 10.0. The highest BCUT2D eigenvalue weighted by molar-refractivity contribution is 5.30. The first-order valence-corrected chi connectivity index (χ1v) is 6.59. The molecule has 0 saturated carbocycles. The van der Waals surface area contributed by atoms with Crippen molar-refractivity contribution in [3.63, 3.8) is 0 Å². The van der Waals surface area contributed by atoms with E-state index in [2.05, 4.69) is 56.2 Å². The number of hydrogen-bond acceptors (Lipinski definition) is 2. The van der Waals surface area contributed by atoms with Crippen molar-refractivity contribution < 1.29 is 0 Å². The van der Waals surface area contributed by atoms with Crippen LogP contribution in [0.4, 0.5) is 0 Å². The van der Waals surface area contributed by atoms with Crippen molar-refractivity contribution in [1.29, 1.82) is 0 Å². The Morgan fingerprint density at radius 2 is 1.94 bits per heavy atom. The fourth-order valence-corrected chi connectivity index (χ4v) is 1.94. The summed E-state index contributed by atoms with van der Waals surface area (Å²) in [6.07, 6.45) is 1.15. The molecule has 1 aromatic carbocycles. The molecule has 2 heteroatoms. The molecule has 1 N–H and O–H groups in total. The second kappa shape index (κ2) is 7.46. The molecule has 1 aromatic rings. The molecule has 0 aromatic heterocycles. The van der Waals surface area contributed by atoms with Gasteiger partial charge in [-0.15, -0.1) is 0 Å². The van der Waals surface area contributed by atoms with E-state index in [4.69, 9.17) is 0 Å². The van der Waals surface area contributed by atoms with Crippen molar-refractivity contribution in [3.05, 3.63) is 34.9 Å². The van der Waals surface area contributed by atoms with Crippen molar-refractivity contribution in [3.8, 4) is 0 Å². The Labute approximate surface area is 106 Å². The summed E-state index contributed by atoms with van der Waals surface area (Å²) in [5.41, 5.74) is 4.26. The van der Waals surface area contributed by atoms with E-state index in [1.54, 1.807) is 0 Å². The Morgan fingerprint density at radius 1 is 1.18 bits per heavy atom. The van der Waals surface area contributed by atoms with Crippen molar-refractivity contribution in [2.45, 2.75) is 27.2 Å². The zero-order valence-corrected chi connectivity index (χ0v) is 11.7. The normalized spacial score (nSPS) is 11.1. The summed E-state index contributed by atoms with van der Waals surface area (Å²) in [7, 11) is 2.20. The summed E-state index contributed by atoms with van der Waals surface area (Å²) in [4.78, 5) is 2.39. The van der Waals surface area contributed by atoms with E-state index in [0.29, 0.717) is 0 Å². The van der Waals surface area contributed by atoms with Crippen molar-refractivity contribution in [2.24, 2.45) is 0 Å². The van der Waals surface area contributed by atoms with Crippen LogP contribution in [0.5, 0.6) is 0 Å². The number of rotatable bonds is 7. The maximum Gasteiger partial charge on any atom is 0.0104 e. The molecule has 0 aliphatic rings. The average Bonchev–Trinajstić information content (AvgIpc) is 2.31. The number of likely N-dealkylation sites (N-methyl/N-ethyl adjacent to an activating group) is 2. The van der Waals surface area contributed by atoms with Gasteiger partial charge in [-0.05, 0) is 45.0 Å². The Kier molecular flexibility index (Phi) is 6.23. The molecular weight excluding hydrogens is 208 g/mol. The van der Waals surface area contributed by atoms with Crippen LogP contribution in [0.25, 0.3) is 0 Å². The summed E-state index contributed by atoms with van der Waals surface area (Å²) in [6, 6.07) is 6.73. The lowest BCUT2D eigenvalue weighted by molar-refractivity contribution is 0.336. The van der Waals surface area contributed by atoms with Gasteiger partial charge in [-0.1, -0.05) is 30.7 Å². The van der Waals surface area contributed by atoms with E-state index < -0.39 is 0 Å². The summed E-state index contributed by atoms with van der Waals surface area (Å²) in [6.45, 7) is 10.9. The highest BCUT2D eigenvalue weighted by Crippen LogP contribution is 2.11. The maximum atomic E-state index is 3.36. The predicted octanol–water partition coefficient (Wildman–Crippen LogP) is 2.39. The first-order valence-electron chi connectivity index (χ1n) is 6.59. The van der Waals surface area contributed by atoms with Gasteiger partial charge < -0.3 is 10.2 Å². The van der Waals surface area contributed by atoms with Gasteiger partial charge in [0.25, 0.3) is 0 Å². The minimum Gasteiger partial charge on any atom is -0.316 e. The standard InChI is InChI=1S/C15H26N2/c1-5-16-9-11-17(4)10-8-15-12-13(2)6-7-14(15)3/h6-7,12,16H,5,8-11H2,1-4H3. The molecule has 17 heavy (non-hydrogen) atoms. The van der Waals surface area contributed by atoms with E-state index in [1.807, 2.05) is 0 Å². The molecule has 2 nitrogen and oxygen atoms in total. The molecular formula is C15H26N2. The highest BCUT2D eigenvalue weighted by Gasteiger charge is 2.02. The monoisotopic (exact) mass is 234 g/mol. The maximum absolute atomic E-state index is 3.36. The third-order valence-corrected chi connectivity index (χ3v) is 3.19. The smallest absolute Gasteiger partial charge is 0.0104 e. The van der Waals surface area contributed by atoms with E-state index in [9.17, 15) is 0 Å². The third-order valence-electron chi connectivity index (χ3n) is 3.19. The molecule has 0 saturated heterocycles. The van der Waals surface area contributed by atoms with Crippen molar-refractivity contribution in [2.75, 3.05) is 33.2 Å². The first-order chi connectivity index (χ1) is 8.13. The van der Waals surface area contributed by atoms with E-state index in [1.165, 1.54) is 16.7 Å². The summed E-state index contributed by atoms with van der Waals surface area (Å²) in [5.74, 6) is 0. The zero-order valence-electron chi connectivity index (χ0n) is 11.7. The van der Waals surface area contributed by atoms with Crippen molar-refractivity contribution >= 4 is 0 Å². The van der Waals surface area contributed by atoms with Gasteiger partial charge in [0.05, 0.1) is 0 Å². The number of aryl methyl sites for hydroxylation is 2. The summed E-state index contributed by atoms with van der Waals surface area (Å²) < 4.78 is 0. The fourth-order valence-electron chi connectivity index (χ4n) is 1.94. The van der Waals surface area contributed by atoms with Gasteiger partial charge >= 0.3 is 0 Å². The number of benzene rings is 1. The van der Waals surface area contributed by atoms with E-state index in [-0.39, 0.29) is 0 Å². The molecule has 0 spiro atoms. The van der Waals surface area contributed by atoms with Crippen LogP contribution in [0, 0.1) is 13.8 Å². The van der Waals surface area contributed by atoms with Crippen LogP contribution < -0.4 is 5.32 Å². The number of hydrogen-bond donors (Lipinski definition) is 1. The van der Waals surface area contributed by atoms with Crippen LogP contribution in [0.15, 0.2) is 18.2 Å². The number of nitrogens with zero attached hydrogens (tertiary/aromatic N) is 1. The topological polar surface area (TPSA) is 15.3 Å². The Morgan fingerprint density at radius 3 is 2.65 bits per heavy atom. The van der Waals surface area contributed by atoms with Gasteiger partial charge in [-0.2, -0.15) is 0 Å². The van der Waals surface area contributed by atoms with E-state index in [0.717, 1.165) is 32.6 Å². The average molecular weight is 234 g/mol. The molecule has 0 radical (unpaired) electrons. The Hall–Kier alpha value is -0.860. The highest BCUT2D eigenvalue weighted by atomic mass is 15.1. The van der Waals surface area contributed by atoms with E-state index >= 15 is 0 Å². The van der Waals surface area contributed by atoms with Gasteiger partial charge in [0.2, 0.25) is 0 Å². The minimum atomic E-state index is 1.06. The second-order valence-corrected chi connectivity index (χ2v) is 4.84. The lowest BCUT2D eigenvalue weighted by Crippen LogP contribution is -2.30. The van der Waals surface area contributed by atoms with Gasteiger partial charge in [0, 0.05) is 19.6 Å². The Bertz CT molecular complexity index is 334. The first kappa shape index (κ1) is 14.2. The van der Waals surface area contributed by atoms with Crippen molar-refractivity contribution in [1.82, 2.24) is 10.2 Å². The predicted molar refractivity (Wildman–Crippen MR) is 75.7 cm³/mol. The largest absolute Gasteiger partial charge is 0.316 e. The quantitative estimate of drug-likeness (QED) is 0.729. The summed E-state index contributed by atoms with van der Waals surface area (Å²) >= 11 is 0. The number of nitrogens with one attached hydrogen (secondary N) is 1. The fraction of sp³-hybridized carbons (Fsp3) is 0.600. The molecule has 0 atom stereocenters. The van der Waals surface area contributed by atoms with Crippen LogP contribution in [0.3, 0.4) is 0 Å². The molecule has 0 unspecified atom stereocenters. The molecule has 0 amide bonds. The minimum absolute atomic E-state index is 1.06. The van der Waals surface area contributed by atoms with Gasteiger partial charge in [0.1, 0.15) is 0 Å². The van der Waals surface area contributed by atoms with Crippen LogP contribution >= 0.6 is 0 Å². The second-order valence-electron chi connectivity index (χ2n) is 4.84. The molecule has 96 valence electrons. The van der Waals surface area contributed by atoms with Crippen LogP contribution in [0.2, 0.25) is 0 Å². The molecule has 1 rings (SSSR count). The van der Waals surface area contributed by atoms with Gasteiger partial charge in [-0.3, -0.25) is 0 Å². The van der Waals surface area contributed by atoms with Gasteiger partial charge in [0.15, 0.2) is 0 Å². The Balaban J connectivity index is 2.36. The SMILES string of the molecule is CCNCCN(C)CCc1cc(C)ccc1C. The van der Waals surface area contributed by atoms with Crippen LogP contribution in [-0.4, -0.2) is 38.1 Å². The molecule has 0 fully saturated rings. The van der Waals surface area contributed by atoms with Gasteiger partial charge in [-0.25, -0.2) is 0 Å². The third kappa shape index (κ3) is 5.33. The van der Waals surface area contributed by atoms with Crippen LogP contribution in [0.1, 0.15) is 23.6 Å². The molecule has 0 aliphatic carbocycles. The van der Waals surface area contributed by atoms with Crippen LogP contribution in [-0.2, 0) is 6.42 Å². The lowest BCUT2D eigenvalue weighted by Gasteiger charge is -2.17. The molecule has 0 aliphatic heterocycles. The zero-order chi connectivity index (χ0) is 12.7.